The molecular formula is C16H25N3O3. The Hall–Kier alpha value is -2.24. The van der Waals surface area contributed by atoms with E-state index < -0.39 is 0 Å². The van der Waals surface area contributed by atoms with Gasteiger partial charge in [0.05, 0.1) is 25.2 Å². The first kappa shape index (κ1) is 17.8. The summed E-state index contributed by atoms with van der Waals surface area (Å²) in [5.41, 5.74) is 6.58. The number of nitrogens with one attached hydrogen (secondary N) is 1. The van der Waals surface area contributed by atoms with Crippen molar-refractivity contribution in [2.24, 2.45) is 10.7 Å². The number of guanidine groups is 1. The SMILES string of the molecule is CC(C)OC(=O)CCN=C(N)Nc1ccc(OC(C)C)cc1. The first-order valence-corrected chi connectivity index (χ1v) is 7.40. The van der Waals surface area contributed by atoms with E-state index in [1.165, 1.54) is 0 Å². The van der Waals surface area contributed by atoms with Crippen molar-refractivity contribution in [3.8, 4) is 5.75 Å². The molecule has 0 aliphatic carbocycles. The Morgan fingerprint density at radius 1 is 1.18 bits per heavy atom. The highest BCUT2D eigenvalue weighted by Gasteiger charge is 2.04. The van der Waals surface area contributed by atoms with E-state index in [4.69, 9.17) is 15.2 Å². The molecule has 3 N–H and O–H groups in total. The summed E-state index contributed by atoms with van der Waals surface area (Å²) in [7, 11) is 0. The van der Waals surface area contributed by atoms with E-state index in [0.717, 1.165) is 11.4 Å². The van der Waals surface area contributed by atoms with Gasteiger partial charge in [-0.1, -0.05) is 0 Å². The lowest BCUT2D eigenvalue weighted by Gasteiger charge is -2.11. The number of benzene rings is 1. The summed E-state index contributed by atoms with van der Waals surface area (Å²) in [5.74, 6) is 0.782. The van der Waals surface area contributed by atoms with Crippen LogP contribution in [0.4, 0.5) is 5.69 Å². The number of carbonyl (C=O) groups is 1. The Morgan fingerprint density at radius 3 is 2.36 bits per heavy atom. The molecule has 6 heteroatoms. The Bertz CT molecular complexity index is 496. The van der Waals surface area contributed by atoms with Crippen LogP contribution in [-0.2, 0) is 9.53 Å². The molecule has 0 bridgehead atoms. The van der Waals surface area contributed by atoms with Crippen LogP contribution in [0.3, 0.4) is 0 Å². The van der Waals surface area contributed by atoms with Crippen LogP contribution in [0.25, 0.3) is 0 Å². The van der Waals surface area contributed by atoms with Gasteiger partial charge in [-0.25, -0.2) is 0 Å². The topological polar surface area (TPSA) is 85.9 Å². The Morgan fingerprint density at radius 2 is 1.82 bits per heavy atom. The molecule has 0 saturated carbocycles. The van der Waals surface area contributed by atoms with Crippen LogP contribution in [0.1, 0.15) is 34.1 Å². The van der Waals surface area contributed by atoms with Crippen molar-refractivity contribution >= 4 is 17.6 Å². The van der Waals surface area contributed by atoms with Crippen LogP contribution < -0.4 is 15.8 Å². The maximum atomic E-state index is 11.4. The number of nitrogens with two attached hydrogens (primary N) is 1. The number of aliphatic imine (C=N–C) groups is 1. The fraction of sp³-hybridized carbons (Fsp3) is 0.500. The molecule has 0 atom stereocenters. The van der Waals surface area contributed by atoms with Crippen molar-refractivity contribution in [3.05, 3.63) is 24.3 Å². The van der Waals surface area contributed by atoms with E-state index in [9.17, 15) is 4.79 Å². The van der Waals surface area contributed by atoms with Gasteiger partial charge in [0.1, 0.15) is 5.75 Å². The van der Waals surface area contributed by atoms with Gasteiger partial charge in [0.15, 0.2) is 5.96 Å². The first-order chi connectivity index (χ1) is 10.4. The van der Waals surface area contributed by atoms with E-state index in [0.29, 0.717) is 6.54 Å². The smallest absolute Gasteiger partial charge is 0.307 e. The van der Waals surface area contributed by atoms with Gasteiger partial charge < -0.3 is 20.5 Å². The molecule has 0 aromatic heterocycles. The zero-order valence-electron chi connectivity index (χ0n) is 13.6. The summed E-state index contributed by atoms with van der Waals surface area (Å²) in [5, 5.41) is 2.96. The van der Waals surface area contributed by atoms with Gasteiger partial charge in [-0.3, -0.25) is 9.79 Å². The van der Waals surface area contributed by atoms with Crippen LogP contribution >= 0.6 is 0 Å². The van der Waals surface area contributed by atoms with Crippen molar-refractivity contribution in [2.45, 2.75) is 46.3 Å². The molecule has 0 aliphatic rings. The third kappa shape index (κ3) is 7.52. The van der Waals surface area contributed by atoms with E-state index in [1.54, 1.807) is 0 Å². The molecule has 1 rings (SSSR count). The Kier molecular flexibility index (Phi) is 7.22. The van der Waals surface area contributed by atoms with Crippen LogP contribution in [0, 0.1) is 0 Å². The number of esters is 1. The molecule has 0 aliphatic heterocycles. The maximum Gasteiger partial charge on any atom is 0.307 e. The maximum absolute atomic E-state index is 11.4. The average molecular weight is 307 g/mol. The van der Waals surface area contributed by atoms with Crippen LogP contribution in [0.2, 0.25) is 0 Å². The molecule has 0 unspecified atom stereocenters. The van der Waals surface area contributed by atoms with Crippen molar-refractivity contribution < 1.29 is 14.3 Å². The minimum atomic E-state index is -0.276. The Balaban J connectivity index is 2.42. The van der Waals surface area contributed by atoms with Gasteiger partial charge in [0, 0.05) is 5.69 Å². The fourth-order valence-corrected chi connectivity index (χ4v) is 1.67. The first-order valence-electron chi connectivity index (χ1n) is 7.40. The second-order valence-corrected chi connectivity index (χ2v) is 5.37. The summed E-state index contributed by atoms with van der Waals surface area (Å²) in [6.45, 7) is 7.86. The molecule has 0 spiro atoms. The predicted octanol–water partition coefficient (Wildman–Crippen LogP) is 2.54. The van der Waals surface area contributed by atoms with Crippen molar-refractivity contribution in [1.82, 2.24) is 0 Å². The van der Waals surface area contributed by atoms with Gasteiger partial charge >= 0.3 is 5.97 Å². The zero-order chi connectivity index (χ0) is 16.5. The molecule has 0 fully saturated rings. The van der Waals surface area contributed by atoms with Crippen molar-refractivity contribution in [2.75, 3.05) is 11.9 Å². The molecule has 1 aromatic rings. The third-order valence-corrected chi connectivity index (χ3v) is 2.46. The van der Waals surface area contributed by atoms with Gasteiger partial charge in [0.2, 0.25) is 0 Å². The van der Waals surface area contributed by atoms with Gasteiger partial charge in [0.25, 0.3) is 0 Å². The van der Waals surface area contributed by atoms with Gasteiger partial charge in [-0.05, 0) is 52.0 Å². The lowest BCUT2D eigenvalue weighted by molar-refractivity contribution is -0.147. The van der Waals surface area contributed by atoms with Crippen molar-refractivity contribution in [3.63, 3.8) is 0 Å². The number of ether oxygens (including phenoxy) is 2. The molecular weight excluding hydrogens is 282 g/mol. The highest BCUT2D eigenvalue weighted by molar-refractivity contribution is 5.92. The van der Waals surface area contributed by atoms with E-state index in [2.05, 4.69) is 10.3 Å². The standard InChI is InChI=1S/C16H25N3O3/c1-11(2)21-14-7-5-13(6-8-14)19-16(17)18-10-9-15(20)22-12(3)4/h5-8,11-12H,9-10H2,1-4H3,(H3,17,18,19). The number of hydrogen-bond donors (Lipinski definition) is 2. The second-order valence-electron chi connectivity index (χ2n) is 5.37. The lowest BCUT2D eigenvalue weighted by Crippen LogP contribution is -2.23. The van der Waals surface area contributed by atoms with Gasteiger partial charge in [-0.2, -0.15) is 0 Å². The molecule has 122 valence electrons. The van der Waals surface area contributed by atoms with Gasteiger partial charge in [-0.15, -0.1) is 0 Å². The molecule has 6 nitrogen and oxygen atoms in total. The molecule has 0 radical (unpaired) electrons. The molecule has 22 heavy (non-hydrogen) atoms. The van der Waals surface area contributed by atoms with E-state index in [-0.39, 0.29) is 30.6 Å². The summed E-state index contributed by atoms with van der Waals surface area (Å²) in [6.07, 6.45) is 0.233. The number of hydrogen-bond acceptors (Lipinski definition) is 4. The van der Waals surface area contributed by atoms with Crippen LogP contribution in [0.5, 0.6) is 5.75 Å². The van der Waals surface area contributed by atoms with Crippen LogP contribution in [-0.4, -0.2) is 30.7 Å². The molecule has 0 heterocycles. The summed E-state index contributed by atoms with van der Waals surface area (Å²) < 4.78 is 10.6. The quantitative estimate of drug-likeness (QED) is 0.459. The largest absolute Gasteiger partial charge is 0.491 e. The number of nitrogens with zero attached hydrogens (tertiary/aromatic N) is 1. The van der Waals surface area contributed by atoms with Crippen LogP contribution in [0.15, 0.2) is 29.3 Å². The number of carbonyl (C=O) groups excluding carboxylic acids is 1. The molecule has 1 aromatic carbocycles. The number of anilines is 1. The number of rotatable bonds is 7. The predicted molar refractivity (Wildman–Crippen MR) is 88.2 cm³/mol. The van der Waals surface area contributed by atoms with Crippen molar-refractivity contribution in [1.29, 1.82) is 0 Å². The summed E-state index contributed by atoms with van der Waals surface area (Å²) in [4.78, 5) is 15.4. The minimum absolute atomic E-state index is 0.112. The summed E-state index contributed by atoms with van der Waals surface area (Å²) in [6, 6.07) is 7.42. The Labute approximate surface area is 131 Å². The average Bonchev–Trinajstić information content (AvgIpc) is 2.39. The third-order valence-electron chi connectivity index (χ3n) is 2.46. The molecule has 0 amide bonds. The highest BCUT2D eigenvalue weighted by Crippen LogP contribution is 2.16. The monoisotopic (exact) mass is 307 g/mol. The minimum Gasteiger partial charge on any atom is -0.491 e. The van der Waals surface area contributed by atoms with E-state index in [1.807, 2.05) is 52.0 Å². The molecule has 0 saturated heterocycles. The lowest BCUT2D eigenvalue weighted by atomic mass is 10.3. The highest BCUT2D eigenvalue weighted by atomic mass is 16.5. The van der Waals surface area contributed by atoms with E-state index >= 15 is 0 Å². The zero-order valence-corrected chi connectivity index (χ0v) is 13.6. The summed E-state index contributed by atoms with van der Waals surface area (Å²) >= 11 is 0. The fourth-order valence-electron chi connectivity index (χ4n) is 1.67. The normalized spacial score (nSPS) is 11.6. The second kappa shape index (κ2) is 8.92.